The molecule has 0 spiro atoms. The van der Waals surface area contributed by atoms with Gasteiger partial charge < -0.3 is 5.32 Å². The van der Waals surface area contributed by atoms with Crippen LogP contribution >= 0.6 is 22.9 Å². The molecule has 0 amide bonds. The average Bonchev–Trinajstić information content (AvgIpc) is 2.82. The Balaban J connectivity index is 2.36. The van der Waals surface area contributed by atoms with Crippen LogP contribution in [0.15, 0.2) is 29.6 Å². The zero-order valence-electron chi connectivity index (χ0n) is 10.8. The lowest BCUT2D eigenvalue weighted by Gasteiger charge is -2.15. The number of nitrogens with one attached hydrogen (secondary N) is 1. The van der Waals surface area contributed by atoms with Crippen LogP contribution in [0.25, 0.3) is 0 Å². The molecule has 1 heterocycles. The van der Waals surface area contributed by atoms with E-state index in [2.05, 4.69) is 24.5 Å². The summed E-state index contributed by atoms with van der Waals surface area (Å²) in [4.78, 5) is 4.70. The third kappa shape index (κ3) is 2.74. The molecule has 1 atom stereocenters. The Morgan fingerprint density at radius 3 is 2.56 bits per heavy atom. The molecule has 1 N–H and O–H groups in total. The maximum absolute atomic E-state index is 6.25. The molecule has 2 aromatic rings. The first kappa shape index (κ1) is 13.5. The fraction of sp³-hybridized carbons (Fsp3) is 0.357. The van der Waals surface area contributed by atoms with Crippen molar-refractivity contribution in [3.8, 4) is 0 Å². The number of hydrogen-bond acceptors (Lipinski definition) is 3. The third-order valence-electron chi connectivity index (χ3n) is 2.88. The normalized spacial score (nSPS) is 12.9. The topological polar surface area (TPSA) is 24.9 Å². The molecule has 0 radical (unpaired) electrons. The van der Waals surface area contributed by atoms with Crippen LogP contribution < -0.4 is 5.32 Å². The van der Waals surface area contributed by atoms with Crippen molar-refractivity contribution in [3.63, 3.8) is 0 Å². The predicted octanol–water partition coefficient (Wildman–Crippen LogP) is 4.23. The molecule has 0 aliphatic carbocycles. The number of benzene rings is 1. The fourth-order valence-corrected chi connectivity index (χ4v) is 3.17. The van der Waals surface area contributed by atoms with E-state index < -0.39 is 0 Å². The summed E-state index contributed by atoms with van der Waals surface area (Å²) in [6, 6.07) is 7.97. The molecule has 1 aromatic heterocycles. The highest BCUT2D eigenvalue weighted by Crippen LogP contribution is 2.31. The molecule has 4 heteroatoms. The van der Waals surface area contributed by atoms with E-state index in [1.54, 1.807) is 11.3 Å². The molecular weight excluding hydrogens is 264 g/mol. The Hall–Kier alpha value is -0.900. The summed E-state index contributed by atoms with van der Waals surface area (Å²) in [7, 11) is 1.93. The standard InChI is InChI=1S/C14H17ClN2S/c1-9(2)12-8-18-14(17-12)13(16-3)10-6-4-5-7-11(10)15/h4-9,13,16H,1-3H3. The van der Waals surface area contributed by atoms with E-state index in [4.69, 9.17) is 16.6 Å². The third-order valence-corrected chi connectivity index (χ3v) is 4.16. The smallest absolute Gasteiger partial charge is 0.114 e. The lowest BCUT2D eigenvalue weighted by atomic mass is 10.1. The van der Waals surface area contributed by atoms with Crippen LogP contribution in [0.5, 0.6) is 0 Å². The minimum atomic E-state index is 0.0659. The SMILES string of the molecule is CNC(c1nc(C(C)C)cs1)c1ccccc1Cl. The van der Waals surface area contributed by atoms with Gasteiger partial charge in [-0.2, -0.15) is 0 Å². The average molecular weight is 281 g/mol. The van der Waals surface area contributed by atoms with Gasteiger partial charge in [0.15, 0.2) is 0 Å². The van der Waals surface area contributed by atoms with Gasteiger partial charge in [-0.1, -0.05) is 43.6 Å². The second-order valence-corrected chi connectivity index (χ2v) is 5.81. The molecule has 0 aliphatic rings. The number of nitrogens with zero attached hydrogens (tertiary/aromatic N) is 1. The largest absolute Gasteiger partial charge is 0.307 e. The van der Waals surface area contributed by atoms with Gasteiger partial charge in [-0.3, -0.25) is 0 Å². The summed E-state index contributed by atoms with van der Waals surface area (Å²) >= 11 is 7.94. The highest BCUT2D eigenvalue weighted by molar-refractivity contribution is 7.09. The van der Waals surface area contributed by atoms with Gasteiger partial charge in [0.2, 0.25) is 0 Å². The summed E-state index contributed by atoms with van der Waals surface area (Å²) < 4.78 is 0. The molecule has 18 heavy (non-hydrogen) atoms. The molecular formula is C14H17ClN2S. The van der Waals surface area contributed by atoms with Crippen molar-refractivity contribution in [2.45, 2.75) is 25.8 Å². The minimum Gasteiger partial charge on any atom is -0.307 e. The first-order valence-electron chi connectivity index (χ1n) is 6.00. The van der Waals surface area contributed by atoms with Gasteiger partial charge in [0.05, 0.1) is 11.7 Å². The van der Waals surface area contributed by atoms with Gasteiger partial charge in [0.1, 0.15) is 5.01 Å². The molecule has 0 saturated carbocycles. The van der Waals surface area contributed by atoms with Crippen LogP contribution in [0, 0.1) is 0 Å². The number of rotatable bonds is 4. The van der Waals surface area contributed by atoms with Crippen molar-refractivity contribution < 1.29 is 0 Å². The second kappa shape index (κ2) is 5.83. The minimum absolute atomic E-state index is 0.0659. The Kier molecular flexibility index (Phi) is 4.38. The van der Waals surface area contributed by atoms with Crippen molar-refractivity contribution in [2.24, 2.45) is 0 Å². The van der Waals surface area contributed by atoms with E-state index >= 15 is 0 Å². The van der Waals surface area contributed by atoms with Gasteiger partial charge >= 0.3 is 0 Å². The van der Waals surface area contributed by atoms with Crippen LogP contribution in [0.3, 0.4) is 0 Å². The van der Waals surface area contributed by atoms with E-state index in [0.29, 0.717) is 5.92 Å². The zero-order chi connectivity index (χ0) is 13.1. The van der Waals surface area contributed by atoms with Crippen LogP contribution in [0.2, 0.25) is 5.02 Å². The van der Waals surface area contributed by atoms with E-state index in [1.165, 1.54) is 0 Å². The lowest BCUT2D eigenvalue weighted by Crippen LogP contribution is -2.18. The zero-order valence-corrected chi connectivity index (χ0v) is 12.3. The first-order chi connectivity index (χ1) is 8.63. The van der Waals surface area contributed by atoms with E-state index in [0.717, 1.165) is 21.3 Å². The molecule has 2 rings (SSSR count). The first-order valence-corrected chi connectivity index (χ1v) is 7.26. The Bertz CT molecular complexity index is 522. The Labute approximate surface area is 117 Å². The van der Waals surface area contributed by atoms with Crippen LogP contribution in [-0.4, -0.2) is 12.0 Å². The van der Waals surface area contributed by atoms with Gasteiger partial charge in [-0.25, -0.2) is 4.98 Å². The fourth-order valence-electron chi connectivity index (χ4n) is 1.82. The van der Waals surface area contributed by atoms with E-state index in [-0.39, 0.29) is 6.04 Å². The molecule has 0 aliphatic heterocycles. The number of hydrogen-bond donors (Lipinski definition) is 1. The van der Waals surface area contributed by atoms with Crippen LogP contribution in [0.4, 0.5) is 0 Å². The molecule has 96 valence electrons. The Morgan fingerprint density at radius 1 is 1.28 bits per heavy atom. The van der Waals surface area contributed by atoms with Gasteiger partial charge in [-0.05, 0) is 24.6 Å². The highest BCUT2D eigenvalue weighted by Gasteiger charge is 2.18. The van der Waals surface area contributed by atoms with Crippen molar-refractivity contribution in [1.29, 1.82) is 0 Å². The monoisotopic (exact) mass is 280 g/mol. The maximum Gasteiger partial charge on any atom is 0.114 e. The lowest BCUT2D eigenvalue weighted by molar-refractivity contribution is 0.679. The summed E-state index contributed by atoms with van der Waals surface area (Å²) in [5.41, 5.74) is 2.22. The number of halogens is 1. The summed E-state index contributed by atoms with van der Waals surface area (Å²) in [6.45, 7) is 4.31. The number of aromatic nitrogens is 1. The van der Waals surface area contributed by atoms with Gasteiger partial charge in [-0.15, -0.1) is 11.3 Å². The van der Waals surface area contributed by atoms with Crippen molar-refractivity contribution in [3.05, 3.63) is 50.9 Å². The molecule has 0 fully saturated rings. The second-order valence-electron chi connectivity index (χ2n) is 4.51. The van der Waals surface area contributed by atoms with Crippen molar-refractivity contribution >= 4 is 22.9 Å². The van der Waals surface area contributed by atoms with Crippen LogP contribution in [-0.2, 0) is 0 Å². The Morgan fingerprint density at radius 2 is 2.00 bits per heavy atom. The van der Waals surface area contributed by atoms with Crippen molar-refractivity contribution in [2.75, 3.05) is 7.05 Å². The van der Waals surface area contributed by atoms with E-state index in [9.17, 15) is 0 Å². The maximum atomic E-state index is 6.25. The summed E-state index contributed by atoms with van der Waals surface area (Å²) in [5, 5.41) is 7.26. The number of thiazole rings is 1. The highest BCUT2D eigenvalue weighted by atomic mass is 35.5. The summed E-state index contributed by atoms with van der Waals surface area (Å²) in [5.74, 6) is 0.457. The predicted molar refractivity (Wildman–Crippen MR) is 78.6 cm³/mol. The quantitative estimate of drug-likeness (QED) is 0.907. The van der Waals surface area contributed by atoms with Gasteiger partial charge in [0, 0.05) is 10.4 Å². The molecule has 1 unspecified atom stereocenters. The molecule has 1 aromatic carbocycles. The molecule has 2 nitrogen and oxygen atoms in total. The van der Waals surface area contributed by atoms with Crippen LogP contribution in [0.1, 0.15) is 42.1 Å². The summed E-state index contributed by atoms with van der Waals surface area (Å²) in [6.07, 6.45) is 0. The van der Waals surface area contributed by atoms with Gasteiger partial charge in [0.25, 0.3) is 0 Å². The molecule has 0 saturated heterocycles. The molecule has 0 bridgehead atoms. The van der Waals surface area contributed by atoms with E-state index in [1.807, 2.05) is 31.3 Å². The van der Waals surface area contributed by atoms with Crippen molar-refractivity contribution in [1.82, 2.24) is 10.3 Å².